The Hall–Kier alpha value is -2.13. The molecule has 2 aliphatic rings. The molecule has 0 radical (unpaired) electrons. The minimum absolute atomic E-state index is 0.0325. The van der Waals surface area contributed by atoms with Crippen molar-refractivity contribution in [1.29, 1.82) is 0 Å². The highest BCUT2D eigenvalue weighted by atomic mass is 32.3. The van der Waals surface area contributed by atoms with E-state index in [9.17, 15) is 18.0 Å². The van der Waals surface area contributed by atoms with E-state index in [2.05, 4.69) is 9.50 Å². The highest BCUT2D eigenvalue weighted by Gasteiger charge is 2.42. The third-order valence-corrected chi connectivity index (χ3v) is 4.42. The average molecular weight is 340 g/mol. The van der Waals surface area contributed by atoms with E-state index in [1.165, 1.54) is 12.1 Å². The highest BCUT2D eigenvalue weighted by Crippen LogP contribution is 2.23. The van der Waals surface area contributed by atoms with Crippen LogP contribution in [0.3, 0.4) is 0 Å². The van der Waals surface area contributed by atoms with E-state index in [1.807, 2.05) is 0 Å². The number of rotatable bonds is 4. The maximum atomic E-state index is 12.4. The Morgan fingerprint density at radius 1 is 1.26 bits per heavy atom. The van der Waals surface area contributed by atoms with E-state index >= 15 is 0 Å². The number of hydrogen-bond acceptors (Lipinski definition) is 5. The number of nitrogens with one attached hydrogen (secondary N) is 1. The molecule has 3 rings (SSSR count). The first-order chi connectivity index (χ1) is 10.8. The van der Waals surface area contributed by atoms with Crippen LogP contribution in [0.25, 0.3) is 0 Å². The fourth-order valence-electron chi connectivity index (χ4n) is 3.01. The van der Waals surface area contributed by atoms with Gasteiger partial charge < -0.3 is 14.4 Å². The van der Waals surface area contributed by atoms with Gasteiger partial charge in [0.05, 0.1) is 0 Å². The highest BCUT2D eigenvalue weighted by molar-refractivity contribution is 7.81. The van der Waals surface area contributed by atoms with Gasteiger partial charge in [-0.1, -0.05) is 12.1 Å². The molecule has 124 valence electrons. The van der Waals surface area contributed by atoms with Gasteiger partial charge in [0.15, 0.2) is 0 Å². The van der Waals surface area contributed by atoms with Crippen molar-refractivity contribution < 1.29 is 26.7 Å². The molecule has 0 bridgehead atoms. The number of nitrogens with zero attached hydrogens (tertiary/aromatic N) is 1. The second-order valence-corrected chi connectivity index (χ2v) is 6.63. The second-order valence-electron chi connectivity index (χ2n) is 5.61. The van der Waals surface area contributed by atoms with Gasteiger partial charge in [-0.15, -0.1) is 0 Å². The van der Waals surface area contributed by atoms with Gasteiger partial charge in [0, 0.05) is 13.0 Å². The molecule has 2 fully saturated rings. The Morgan fingerprint density at radius 3 is 2.61 bits per heavy atom. The van der Waals surface area contributed by atoms with Crippen LogP contribution in [0.5, 0.6) is 5.75 Å². The molecule has 2 saturated heterocycles. The molecular weight excluding hydrogens is 324 g/mol. The van der Waals surface area contributed by atoms with Crippen LogP contribution >= 0.6 is 0 Å². The molecule has 1 aromatic carbocycles. The predicted octanol–water partition coefficient (Wildman–Crippen LogP) is -0.0999. The molecule has 0 aromatic heterocycles. The van der Waals surface area contributed by atoms with Gasteiger partial charge in [-0.2, -0.15) is 8.42 Å². The van der Waals surface area contributed by atoms with Crippen molar-refractivity contribution >= 4 is 22.2 Å². The molecule has 23 heavy (non-hydrogen) atoms. The van der Waals surface area contributed by atoms with Gasteiger partial charge in [0.25, 0.3) is 0 Å². The molecule has 2 N–H and O–H groups in total. The van der Waals surface area contributed by atoms with Crippen LogP contribution in [0.4, 0.5) is 0 Å². The number of fused-ring (bicyclic) bond motifs is 1. The van der Waals surface area contributed by atoms with Crippen molar-refractivity contribution in [3.63, 3.8) is 0 Å². The SMILES string of the molecule is O=C1NC(Cc2ccc(OS(=O)(=O)O)cc2)C(=O)N2CCCC12. The van der Waals surface area contributed by atoms with E-state index in [-0.39, 0.29) is 23.6 Å². The van der Waals surface area contributed by atoms with Gasteiger partial charge >= 0.3 is 10.4 Å². The summed E-state index contributed by atoms with van der Waals surface area (Å²) in [6.45, 7) is 0.606. The Balaban J connectivity index is 1.69. The van der Waals surface area contributed by atoms with Crippen LogP contribution in [-0.4, -0.2) is 48.3 Å². The summed E-state index contributed by atoms with van der Waals surface area (Å²) >= 11 is 0. The molecule has 1 aromatic rings. The minimum atomic E-state index is -4.56. The topological polar surface area (TPSA) is 113 Å². The third kappa shape index (κ3) is 3.45. The molecular formula is C14H16N2O6S. The quantitative estimate of drug-likeness (QED) is 0.740. The smallest absolute Gasteiger partial charge is 0.362 e. The van der Waals surface area contributed by atoms with Crippen molar-refractivity contribution in [2.45, 2.75) is 31.3 Å². The van der Waals surface area contributed by atoms with Gasteiger partial charge in [0.1, 0.15) is 17.8 Å². The molecule has 9 heteroatoms. The van der Waals surface area contributed by atoms with Gasteiger partial charge in [-0.25, -0.2) is 0 Å². The monoisotopic (exact) mass is 340 g/mol. The lowest BCUT2D eigenvalue weighted by Gasteiger charge is -2.34. The largest absolute Gasteiger partial charge is 0.446 e. The number of amides is 2. The number of piperazine rings is 1. The van der Waals surface area contributed by atoms with E-state index in [0.717, 1.165) is 12.0 Å². The Kier molecular flexibility index (Phi) is 3.99. The van der Waals surface area contributed by atoms with E-state index in [0.29, 0.717) is 19.4 Å². The summed E-state index contributed by atoms with van der Waals surface area (Å²) in [5, 5.41) is 2.74. The first-order valence-corrected chi connectivity index (χ1v) is 8.57. The summed E-state index contributed by atoms with van der Waals surface area (Å²) in [5.41, 5.74) is 0.740. The molecule has 8 nitrogen and oxygen atoms in total. The van der Waals surface area contributed by atoms with Crippen LogP contribution in [0, 0.1) is 0 Å². The van der Waals surface area contributed by atoms with E-state index < -0.39 is 16.4 Å². The fraction of sp³-hybridized carbons (Fsp3) is 0.429. The van der Waals surface area contributed by atoms with Gasteiger partial charge in [0.2, 0.25) is 11.8 Å². The predicted molar refractivity (Wildman–Crippen MR) is 79.0 cm³/mol. The summed E-state index contributed by atoms with van der Waals surface area (Å²) in [6.07, 6.45) is 1.84. The van der Waals surface area contributed by atoms with Crippen molar-refractivity contribution in [3.8, 4) is 5.75 Å². The number of carbonyl (C=O) groups is 2. The van der Waals surface area contributed by atoms with Crippen LogP contribution in [0.1, 0.15) is 18.4 Å². The summed E-state index contributed by atoms with van der Waals surface area (Å²) < 4.78 is 34.2. The lowest BCUT2D eigenvalue weighted by molar-refractivity contribution is -0.146. The summed E-state index contributed by atoms with van der Waals surface area (Å²) in [6, 6.07) is 4.94. The number of hydrogen-bond donors (Lipinski definition) is 2. The van der Waals surface area contributed by atoms with Crippen LogP contribution in [0.2, 0.25) is 0 Å². The lowest BCUT2D eigenvalue weighted by Crippen LogP contribution is -2.61. The second kappa shape index (κ2) is 5.82. The van der Waals surface area contributed by atoms with Crippen molar-refractivity contribution in [2.75, 3.05) is 6.54 Å². The standard InChI is InChI=1S/C14H16N2O6S/c17-13-12-2-1-7-16(12)14(18)11(15-13)8-9-3-5-10(6-4-9)22-23(19,20)21/h3-6,11-12H,1-2,7-8H2,(H,15,17)(H,19,20,21). The first-order valence-electron chi connectivity index (χ1n) is 7.20. The molecule has 2 atom stereocenters. The molecule has 0 spiro atoms. The lowest BCUT2D eigenvalue weighted by atomic mass is 10.0. The van der Waals surface area contributed by atoms with Gasteiger partial charge in [-0.3, -0.25) is 14.1 Å². The first kappa shape index (κ1) is 15.8. The van der Waals surface area contributed by atoms with Crippen LogP contribution in [0.15, 0.2) is 24.3 Å². The van der Waals surface area contributed by atoms with Crippen LogP contribution in [-0.2, 0) is 26.4 Å². The number of benzene rings is 1. The van der Waals surface area contributed by atoms with Gasteiger partial charge in [-0.05, 0) is 30.5 Å². The van der Waals surface area contributed by atoms with Crippen LogP contribution < -0.4 is 9.50 Å². The van der Waals surface area contributed by atoms with E-state index in [1.54, 1.807) is 17.0 Å². The molecule has 2 unspecified atom stereocenters. The number of carbonyl (C=O) groups excluding carboxylic acids is 2. The Bertz CT molecular complexity index is 730. The molecule has 0 saturated carbocycles. The molecule has 2 amide bonds. The minimum Gasteiger partial charge on any atom is -0.362 e. The molecule has 2 aliphatic heterocycles. The molecule has 0 aliphatic carbocycles. The fourth-order valence-corrected chi connectivity index (χ4v) is 3.36. The zero-order chi connectivity index (χ0) is 16.6. The Morgan fingerprint density at radius 2 is 1.96 bits per heavy atom. The zero-order valence-corrected chi connectivity index (χ0v) is 13.0. The third-order valence-electron chi connectivity index (χ3n) is 4.02. The van der Waals surface area contributed by atoms with Crippen molar-refractivity contribution in [3.05, 3.63) is 29.8 Å². The summed E-state index contributed by atoms with van der Waals surface area (Å²) in [5.74, 6) is -0.251. The normalized spacial score (nSPS) is 24.3. The maximum absolute atomic E-state index is 12.4. The van der Waals surface area contributed by atoms with Crippen molar-refractivity contribution in [1.82, 2.24) is 10.2 Å². The summed E-state index contributed by atoms with van der Waals surface area (Å²) in [7, 11) is -4.56. The average Bonchev–Trinajstić information content (AvgIpc) is 2.95. The Labute approximate surface area is 133 Å². The molecule has 2 heterocycles. The maximum Gasteiger partial charge on any atom is 0.446 e. The van der Waals surface area contributed by atoms with Crippen molar-refractivity contribution in [2.24, 2.45) is 0 Å². The zero-order valence-electron chi connectivity index (χ0n) is 12.1. The van der Waals surface area contributed by atoms with E-state index in [4.69, 9.17) is 4.55 Å². The summed E-state index contributed by atoms with van der Waals surface area (Å²) in [4.78, 5) is 26.0.